The third-order valence-corrected chi connectivity index (χ3v) is 3.67. The third kappa shape index (κ3) is 3.46. The van der Waals surface area contributed by atoms with E-state index < -0.39 is 23.6 Å². The molecule has 3 rings (SSSR count). The van der Waals surface area contributed by atoms with Crippen LogP contribution in [0.4, 0.5) is 8.78 Å². The van der Waals surface area contributed by atoms with Crippen LogP contribution in [0.15, 0.2) is 36.4 Å². The van der Waals surface area contributed by atoms with Crippen molar-refractivity contribution < 1.29 is 28.2 Å². The molecule has 1 heterocycles. The molecule has 0 saturated heterocycles. The monoisotopic (exact) mass is 335 g/mol. The number of amides is 1. The zero-order valence-corrected chi connectivity index (χ0v) is 12.6. The molecule has 0 spiro atoms. The number of ether oxygens (including phenoxy) is 2. The van der Waals surface area contributed by atoms with Gasteiger partial charge in [-0.2, -0.15) is 0 Å². The summed E-state index contributed by atoms with van der Waals surface area (Å²) >= 11 is 0. The molecule has 1 aliphatic rings. The molecule has 1 atom stereocenters. The van der Waals surface area contributed by atoms with E-state index in [0.29, 0.717) is 17.1 Å². The van der Waals surface area contributed by atoms with Gasteiger partial charge in [0, 0.05) is 12.1 Å². The largest absolute Gasteiger partial charge is 0.454 e. The van der Waals surface area contributed by atoms with E-state index in [2.05, 4.69) is 5.32 Å². The Morgan fingerprint density at radius 2 is 1.92 bits per heavy atom. The summed E-state index contributed by atoms with van der Waals surface area (Å²) in [6.45, 7) is 0.326. The molecule has 7 heteroatoms. The van der Waals surface area contributed by atoms with E-state index in [1.807, 2.05) is 0 Å². The second kappa shape index (κ2) is 6.84. The van der Waals surface area contributed by atoms with E-state index in [4.69, 9.17) is 9.47 Å². The van der Waals surface area contributed by atoms with Gasteiger partial charge in [-0.3, -0.25) is 4.79 Å². The highest BCUT2D eigenvalue weighted by atomic mass is 19.2. The fraction of sp³-hybridized carbons (Fsp3) is 0.235. The SMILES string of the molecule is O=C(NCC[C@@H](O)c1ccc2c(c1)OCO2)c1ccc(F)c(F)c1. The maximum Gasteiger partial charge on any atom is 0.251 e. The average molecular weight is 335 g/mol. The lowest BCUT2D eigenvalue weighted by Crippen LogP contribution is -2.25. The summed E-state index contributed by atoms with van der Waals surface area (Å²) in [6, 6.07) is 8.03. The number of fused-ring (bicyclic) bond motifs is 1. The summed E-state index contributed by atoms with van der Waals surface area (Å²) in [6.07, 6.45) is -0.542. The summed E-state index contributed by atoms with van der Waals surface area (Å²) in [5, 5.41) is 12.7. The van der Waals surface area contributed by atoms with E-state index in [9.17, 15) is 18.7 Å². The minimum absolute atomic E-state index is 0.0199. The first kappa shape index (κ1) is 16.2. The first-order valence-electron chi connectivity index (χ1n) is 7.35. The van der Waals surface area contributed by atoms with Gasteiger partial charge >= 0.3 is 0 Å². The first-order chi connectivity index (χ1) is 11.5. The number of hydrogen-bond donors (Lipinski definition) is 2. The lowest BCUT2D eigenvalue weighted by molar-refractivity contribution is 0.0942. The summed E-state index contributed by atoms with van der Waals surface area (Å²) in [5.74, 6) is -1.44. The van der Waals surface area contributed by atoms with Crippen molar-refractivity contribution in [2.24, 2.45) is 0 Å². The van der Waals surface area contributed by atoms with Crippen molar-refractivity contribution >= 4 is 5.91 Å². The molecule has 1 aliphatic heterocycles. The Morgan fingerprint density at radius 3 is 2.71 bits per heavy atom. The minimum Gasteiger partial charge on any atom is -0.454 e. The maximum absolute atomic E-state index is 13.1. The number of halogens is 2. The number of carbonyl (C=O) groups excluding carboxylic acids is 1. The van der Waals surface area contributed by atoms with Crippen LogP contribution in [0.1, 0.15) is 28.4 Å². The van der Waals surface area contributed by atoms with Crippen molar-refractivity contribution in [1.29, 1.82) is 0 Å². The molecule has 2 aromatic rings. The van der Waals surface area contributed by atoms with Crippen molar-refractivity contribution in [2.75, 3.05) is 13.3 Å². The highest BCUT2D eigenvalue weighted by Gasteiger charge is 2.17. The number of aliphatic hydroxyl groups is 1. The Balaban J connectivity index is 1.54. The van der Waals surface area contributed by atoms with E-state index in [-0.39, 0.29) is 25.3 Å². The van der Waals surface area contributed by atoms with Crippen LogP contribution in [0.5, 0.6) is 11.5 Å². The Hall–Kier alpha value is -2.67. The quantitative estimate of drug-likeness (QED) is 0.881. The van der Waals surface area contributed by atoms with E-state index in [0.717, 1.165) is 12.1 Å². The second-order valence-corrected chi connectivity index (χ2v) is 5.30. The van der Waals surface area contributed by atoms with Crippen molar-refractivity contribution in [3.63, 3.8) is 0 Å². The molecule has 0 unspecified atom stereocenters. The molecule has 2 N–H and O–H groups in total. The summed E-state index contributed by atoms with van der Waals surface area (Å²) < 4.78 is 36.4. The standard InChI is InChI=1S/C17H15F2NO4/c18-12-3-1-11(7-13(12)19)17(22)20-6-5-14(21)10-2-4-15-16(8-10)24-9-23-15/h1-4,7-8,14,21H,5-6,9H2,(H,20,22)/t14-/m1/s1. The highest BCUT2D eigenvalue weighted by Crippen LogP contribution is 2.34. The molecular formula is C17H15F2NO4. The minimum atomic E-state index is -1.08. The molecule has 1 amide bonds. The first-order valence-corrected chi connectivity index (χ1v) is 7.35. The fourth-order valence-electron chi connectivity index (χ4n) is 2.35. The number of carbonyl (C=O) groups is 1. The van der Waals surface area contributed by atoms with Crippen LogP contribution in [0.25, 0.3) is 0 Å². The van der Waals surface area contributed by atoms with Crippen LogP contribution >= 0.6 is 0 Å². The number of benzene rings is 2. The second-order valence-electron chi connectivity index (χ2n) is 5.30. The molecule has 126 valence electrons. The molecule has 0 radical (unpaired) electrons. The van der Waals surface area contributed by atoms with Gasteiger partial charge in [0.2, 0.25) is 6.79 Å². The van der Waals surface area contributed by atoms with Gasteiger partial charge in [-0.15, -0.1) is 0 Å². The molecular weight excluding hydrogens is 320 g/mol. The van der Waals surface area contributed by atoms with Crippen molar-refractivity contribution in [1.82, 2.24) is 5.32 Å². The average Bonchev–Trinajstić information content (AvgIpc) is 3.04. The highest BCUT2D eigenvalue weighted by molar-refractivity contribution is 5.94. The molecule has 0 fully saturated rings. The summed E-state index contributed by atoms with van der Waals surface area (Å²) in [7, 11) is 0. The van der Waals surface area contributed by atoms with Crippen LogP contribution < -0.4 is 14.8 Å². The molecule has 24 heavy (non-hydrogen) atoms. The Labute approximate surface area is 136 Å². The van der Waals surface area contributed by atoms with Gasteiger partial charge in [-0.25, -0.2) is 8.78 Å². The summed E-state index contributed by atoms with van der Waals surface area (Å²) in [4.78, 5) is 11.9. The molecule has 0 bridgehead atoms. The van der Waals surface area contributed by atoms with Gasteiger partial charge in [0.25, 0.3) is 5.91 Å². The van der Waals surface area contributed by atoms with Crippen LogP contribution in [0.3, 0.4) is 0 Å². The smallest absolute Gasteiger partial charge is 0.251 e. The lowest BCUT2D eigenvalue weighted by atomic mass is 10.1. The van der Waals surface area contributed by atoms with Gasteiger partial charge in [0.1, 0.15) is 0 Å². The topological polar surface area (TPSA) is 67.8 Å². The molecule has 2 aromatic carbocycles. The third-order valence-electron chi connectivity index (χ3n) is 3.67. The van der Waals surface area contributed by atoms with Crippen molar-refractivity contribution in [3.05, 3.63) is 59.2 Å². The van der Waals surface area contributed by atoms with Gasteiger partial charge in [0.15, 0.2) is 23.1 Å². The van der Waals surface area contributed by atoms with Crippen molar-refractivity contribution in [3.8, 4) is 11.5 Å². The predicted molar refractivity (Wildman–Crippen MR) is 80.8 cm³/mol. The molecule has 0 saturated carbocycles. The van der Waals surface area contributed by atoms with E-state index in [1.54, 1.807) is 18.2 Å². The molecule has 5 nitrogen and oxygen atoms in total. The Kier molecular flexibility index (Phi) is 4.61. The van der Waals surface area contributed by atoms with E-state index >= 15 is 0 Å². The van der Waals surface area contributed by atoms with Gasteiger partial charge in [0.05, 0.1) is 6.10 Å². The predicted octanol–water partition coefficient (Wildman–Crippen LogP) is 2.55. The van der Waals surface area contributed by atoms with Crippen LogP contribution in [0.2, 0.25) is 0 Å². The lowest BCUT2D eigenvalue weighted by Gasteiger charge is -2.12. The van der Waals surface area contributed by atoms with Crippen LogP contribution in [-0.4, -0.2) is 24.4 Å². The van der Waals surface area contributed by atoms with Crippen LogP contribution in [0, 0.1) is 11.6 Å². The number of aliphatic hydroxyl groups excluding tert-OH is 1. The Morgan fingerprint density at radius 1 is 1.12 bits per heavy atom. The van der Waals surface area contributed by atoms with Gasteiger partial charge in [-0.1, -0.05) is 6.07 Å². The normalized spacial score (nSPS) is 13.6. The van der Waals surface area contributed by atoms with Gasteiger partial charge < -0.3 is 19.9 Å². The number of hydrogen-bond acceptors (Lipinski definition) is 4. The van der Waals surface area contributed by atoms with Crippen LogP contribution in [-0.2, 0) is 0 Å². The van der Waals surface area contributed by atoms with Gasteiger partial charge in [-0.05, 0) is 42.3 Å². The summed E-state index contributed by atoms with van der Waals surface area (Å²) in [5.41, 5.74) is 0.660. The fourth-order valence-corrected chi connectivity index (χ4v) is 2.35. The zero-order valence-electron chi connectivity index (χ0n) is 12.6. The zero-order chi connectivity index (χ0) is 17.1. The number of rotatable bonds is 5. The Bertz CT molecular complexity index is 766. The van der Waals surface area contributed by atoms with Crippen molar-refractivity contribution in [2.45, 2.75) is 12.5 Å². The molecule has 0 aliphatic carbocycles. The maximum atomic E-state index is 13.1. The van der Waals surface area contributed by atoms with E-state index in [1.165, 1.54) is 6.07 Å². The number of nitrogens with one attached hydrogen (secondary N) is 1. The molecule has 0 aromatic heterocycles.